The van der Waals surface area contributed by atoms with Gasteiger partial charge in [0, 0.05) is 27.7 Å². The van der Waals surface area contributed by atoms with Crippen LogP contribution in [0.5, 0.6) is 5.75 Å². The molecule has 0 saturated heterocycles. The van der Waals surface area contributed by atoms with E-state index in [0.717, 1.165) is 17.4 Å². The SMILES string of the molecule is CC(C)(C)OC(=O)c1csc2c(-c3cc(Cl)ccc3OS(=O)(=O)C(F)(F)F)ccnc12. The predicted octanol–water partition coefficient (Wildman–Crippen LogP) is 5.80. The maximum absolute atomic E-state index is 12.8. The van der Waals surface area contributed by atoms with Gasteiger partial charge >= 0.3 is 21.6 Å². The molecule has 0 aliphatic rings. The number of hydrogen-bond acceptors (Lipinski definition) is 7. The van der Waals surface area contributed by atoms with Crippen molar-refractivity contribution < 1.29 is 35.3 Å². The van der Waals surface area contributed by atoms with Gasteiger partial charge in [-0.05, 0) is 45.0 Å². The Labute approximate surface area is 184 Å². The summed E-state index contributed by atoms with van der Waals surface area (Å²) in [4.78, 5) is 16.7. The largest absolute Gasteiger partial charge is 0.534 e. The highest BCUT2D eigenvalue weighted by Crippen LogP contribution is 2.41. The summed E-state index contributed by atoms with van der Waals surface area (Å²) in [5.74, 6) is -1.19. The molecule has 0 saturated carbocycles. The molecule has 0 aliphatic carbocycles. The van der Waals surface area contributed by atoms with E-state index in [1.165, 1.54) is 29.8 Å². The van der Waals surface area contributed by atoms with Crippen LogP contribution in [0.15, 0.2) is 35.8 Å². The number of carbonyl (C=O) groups is 1. The summed E-state index contributed by atoms with van der Waals surface area (Å²) in [6, 6.07) is 4.95. The summed E-state index contributed by atoms with van der Waals surface area (Å²) >= 11 is 7.09. The van der Waals surface area contributed by atoms with Gasteiger partial charge in [-0.15, -0.1) is 11.3 Å². The van der Waals surface area contributed by atoms with Gasteiger partial charge in [0.15, 0.2) is 5.75 Å². The van der Waals surface area contributed by atoms with Gasteiger partial charge in [-0.1, -0.05) is 11.6 Å². The zero-order valence-electron chi connectivity index (χ0n) is 16.3. The Bertz CT molecular complexity index is 1260. The average molecular weight is 494 g/mol. The smallest absolute Gasteiger partial charge is 0.456 e. The molecule has 1 aromatic carbocycles. The zero-order valence-corrected chi connectivity index (χ0v) is 18.7. The van der Waals surface area contributed by atoms with E-state index in [1.807, 2.05) is 0 Å². The molecule has 0 bridgehead atoms. The van der Waals surface area contributed by atoms with Crippen molar-refractivity contribution in [3.8, 4) is 16.9 Å². The fourth-order valence-electron chi connectivity index (χ4n) is 2.57. The number of rotatable bonds is 4. The van der Waals surface area contributed by atoms with Crippen LogP contribution in [0.25, 0.3) is 21.3 Å². The number of pyridine rings is 1. The lowest BCUT2D eigenvalue weighted by molar-refractivity contribution is -0.0499. The molecule has 6 nitrogen and oxygen atoms in total. The van der Waals surface area contributed by atoms with Crippen LogP contribution in [0.4, 0.5) is 13.2 Å². The topological polar surface area (TPSA) is 82.6 Å². The fourth-order valence-corrected chi connectivity index (χ4v) is 4.24. The van der Waals surface area contributed by atoms with Crippen LogP contribution in [0.2, 0.25) is 5.02 Å². The molecule has 31 heavy (non-hydrogen) atoms. The van der Waals surface area contributed by atoms with E-state index in [9.17, 15) is 26.4 Å². The predicted molar refractivity (Wildman–Crippen MR) is 111 cm³/mol. The van der Waals surface area contributed by atoms with Crippen molar-refractivity contribution in [1.29, 1.82) is 0 Å². The van der Waals surface area contributed by atoms with Crippen LogP contribution in [0.1, 0.15) is 31.1 Å². The first kappa shape index (κ1) is 23.3. The third kappa shape index (κ3) is 4.94. The molecule has 3 rings (SSSR count). The molecule has 3 aromatic rings. The van der Waals surface area contributed by atoms with E-state index in [2.05, 4.69) is 9.17 Å². The van der Waals surface area contributed by atoms with Gasteiger partial charge in [0.2, 0.25) is 0 Å². The van der Waals surface area contributed by atoms with Crippen LogP contribution in [0, 0.1) is 0 Å². The van der Waals surface area contributed by atoms with Gasteiger partial charge in [-0.2, -0.15) is 21.6 Å². The fraction of sp³-hybridized carbons (Fsp3) is 0.263. The normalized spacial score (nSPS) is 12.7. The molecule has 0 radical (unpaired) electrons. The Morgan fingerprint density at radius 1 is 1.13 bits per heavy atom. The van der Waals surface area contributed by atoms with E-state index >= 15 is 0 Å². The number of benzene rings is 1. The number of nitrogens with zero attached hydrogens (tertiary/aromatic N) is 1. The number of ether oxygens (including phenoxy) is 1. The Kier molecular flexibility index (Phi) is 5.98. The van der Waals surface area contributed by atoms with Crippen LogP contribution in [-0.2, 0) is 14.9 Å². The van der Waals surface area contributed by atoms with Crippen molar-refractivity contribution >= 4 is 49.2 Å². The van der Waals surface area contributed by atoms with Gasteiger partial charge in [0.1, 0.15) is 5.60 Å². The lowest BCUT2D eigenvalue weighted by Gasteiger charge is -2.19. The van der Waals surface area contributed by atoms with E-state index in [4.69, 9.17) is 16.3 Å². The highest BCUT2D eigenvalue weighted by molar-refractivity contribution is 7.88. The van der Waals surface area contributed by atoms with Gasteiger partial charge in [-0.3, -0.25) is 4.98 Å². The van der Waals surface area contributed by atoms with Crippen molar-refractivity contribution in [2.24, 2.45) is 0 Å². The number of alkyl halides is 3. The number of fused-ring (bicyclic) bond motifs is 1. The first-order valence-electron chi connectivity index (χ1n) is 8.60. The van der Waals surface area contributed by atoms with Crippen molar-refractivity contribution in [1.82, 2.24) is 4.98 Å². The zero-order chi connectivity index (χ0) is 23.2. The highest BCUT2D eigenvalue weighted by atomic mass is 35.5. The number of carbonyl (C=O) groups excluding carboxylic acids is 1. The number of hydrogen-bond donors (Lipinski definition) is 0. The Hall–Kier alpha value is -2.37. The third-order valence-electron chi connectivity index (χ3n) is 3.79. The average Bonchev–Trinajstić information content (AvgIpc) is 3.05. The number of thiophene rings is 1. The van der Waals surface area contributed by atoms with Gasteiger partial charge in [0.25, 0.3) is 0 Å². The molecule has 0 atom stereocenters. The van der Waals surface area contributed by atoms with Crippen LogP contribution < -0.4 is 4.18 Å². The minimum Gasteiger partial charge on any atom is -0.456 e. The molecule has 0 aliphatic heterocycles. The summed E-state index contributed by atoms with van der Waals surface area (Å²) in [6.07, 6.45) is 1.33. The summed E-state index contributed by atoms with van der Waals surface area (Å²) in [5.41, 5.74) is -5.65. The first-order chi connectivity index (χ1) is 14.2. The Balaban J connectivity index is 2.15. The Morgan fingerprint density at radius 3 is 2.42 bits per heavy atom. The third-order valence-corrected chi connectivity index (χ3v) is 5.99. The molecule has 166 valence electrons. The highest BCUT2D eigenvalue weighted by Gasteiger charge is 2.48. The van der Waals surface area contributed by atoms with E-state index in [-0.39, 0.29) is 21.7 Å². The number of aromatic nitrogens is 1. The standard InChI is InChI=1S/C19H15ClF3NO5S2/c1-18(2,3)28-17(25)13-9-30-16-11(6-7-24-15(13)16)12-8-10(20)4-5-14(12)29-31(26,27)19(21,22)23/h4-9H,1-3H3. The number of esters is 1. The second-order valence-corrected chi connectivity index (χ2v) is 10.2. The second kappa shape index (κ2) is 7.95. The lowest BCUT2D eigenvalue weighted by Crippen LogP contribution is -2.28. The summed E-state index contributed by atoms with van der Waals surface area (Å²) < 4.78 is 71.6. The molecule has 2 heterocycles. The second-order valence-electron chi connectivity index (χ2n) is 7.31. The van der Waals surface area contributed by atoms with Crippen LogP contribution in [0.3, 0.4) is 0 Å². The van der Waals surface area contributed by atoms with Gasteiger partial charge < -0.3 is 8.92 Å². The van der Waals surface area contributed by atoms with Gasteiger partial charge in [-0.25, -0.2) is 4.79 Å². The minimum absolute atomic E-state index is 0.00897. The molecule has 0 unspecified atom stereocenters. The van der Waals surface area contributed by atoms with E-state index < -0.39 is 32.9 Å². The quantitative estimate of drug-likeness (QED) is 0.259. The first-order valence-corrected chi connectivity index (χ1v) is 11.3. The van der Waals surface area contributed by atoms with Crippen molar-refractivity contribution in [3.63, 3.8) is 0 Å². The van der Waals surface area contributed by atoms with E-state index in [0.29, 0.717) is 10.3 Å². The maximum atomic E-state index is 12.8. The molecular weight excluding hydrogens is 479 g/mol. The molecule has 0 fully saturated rings. The summed E-state index contributed by atoms with van der Waals surface area (Å²) in [6.45, 7) is 5.11. The minimum atomic E-state index is -5.91. The Morgan fingerprint density at radius 2 is 1.81 bits per heavy atom. The lowest BCUT2D eigenvalue weighted by atomic mass is 10.0. The molecule has 2 aromatic heterocycles. The molecular formula is C19H15ClF3NO5S2. The van der Waals surface area contributed by atoms with Crippen molar-refractivity contribution in [3.05, 3.63) is 46.4 Å². The van der Waals surface area contributed by atoms with Crippen molar-refractivity contribution in [2.75, 3.05) is 0 Å². The summed E-state index contributed by atoms with van der Waals surface area (Å²) in [5, 5.41) is 1.65. The van der Waals surface area contributed by atoms with Crippen LogP contribution in [-0.4, -0.2) is 30.5 Å². The molecule has 0 spiro atoms. The summed E-state index contributed by atoms with van der Waals surface area (Å²) in [7, 11) is -5.91. The number of halogens is 4. The molecule has 0 N–H and O–H groups in total. The molecule has 0 amide bonds. The van der Waals surface area contributed by atoms with Crippen LogP contribution >= 0.6 is 22.9 Å². The maximum Gasteiger partial charge on any atom is 0.534 e. The monoisotopic (exact) mass is 493 g/mol. The molecule has 12 heteroatoms. The van der Waals surface area contributed by atoms with Crippen molar-refractivity contribution in [2.45, 2.75) is 31.9 Å². The van der Waals surface area contributed by atoms with E-state index in [1.54, 1.807) is 20.8 Å². The van der Waals surface area contributed by atoms with Gasteiger partial charge in [0.05, 0.1) is 15.8 Å².